The van der Waals surface area contributed by atoms with E-state index in [9.17, 15) is 13.6 Å². The van der Waals surface area contributed by atoms with E-state index in [1.165, 1.54) is 10.9 Å². The number of carbonyl (C=O) groups is 1. The fourth-order valence-electron chi connectivity index (χ4n) is 2.01. The molecular weight excluding hydrogens is 360 g/mol. The van der Waals surface area contributed by atoms with Crippen LogP contribution in [0.15, 0.2) is 10.7 Å². The Kier molecular flexibility index (Phi) is 4.64. The molecule has 0 fully saturated rings. The van der Waals surface area contributed by atoms with Crippen molar-refractivity contribution in [1.29, 1.82) is 0 Å². The highest BCUT2D eigenvalue weighted by atomic mass is 79.9. The number of hydrogen-bond acceptors (Lipinski definition) is 3. The van der Waals surface area contributed by atoms with Crippen LogP contribution >= 0.6 is 15.9 Å². The molecule has 1 unspecified atom stereocenters. The SMILES string of the molecule is Cc1c(NC(=O)C(C)n2nc(C(F)F)c(Br)c2C)cnn1C. The maximum absolute atomic E-state index is 12.9. The third-order valence-electron chi connectivity index (χ3n) is 3.55. The molecule has 0 aliphatic heterocycles. The number of nitrogens with zero attached hydrogens (tertiary/aromatic N) is 4. The Labute approximate surface area is 134 Å². The second kappa shape index (κ2) is 6.15. The minimum atomic E-state index is -2.70. The van der Waals surface area contributed by atoms with Gasteiger partial charge in [-0.1, -0.05) is 0 Å². The number of hydrogen-bond donors (Lipinski definition) is 1. The third-order valence-corrected chi connectivity index (χ3v) is 4.53. The molecule has 0 aromatic carbocycles. The second-order valence-electron chi connectivity index (χ2n) is 4.96. The smallest absolute Gasteiger partial charge is 0.283 e. The zero-order valence-corrected chi connectivity index (χ0v) is 14.1. The van der Waals surface area contributed by atoms with Crippen molar-refractivity contribution in [1.82, 2.24) is 19.6 Å². The maximum atomic E-state index is 12.9. The van der Waals surface area contributed by atoms with Gasteiger partial charge in [0, 0.05) is 7.05 Å². The number of alkyl halides is 2. The van der Waals surface area contributed by atoms with Crippen molar-refractivity contribution in [2.24, 2.45) is 7.05 Å². The van der Waals surface area contributed by atoms with Crippen molar-refractivity contribution in [3.63, 3.8) is 0 Å². The predicted octanol–water partition coefficient (Wildman–Crippen LogP) is 3.13. The minimum Gasteiger partial charge on any atom is -0.321 e. The molecule has 6 nitrogen and oxygen atoms in total. The van der Waals surface area contributed by atoms with Gasteiger partial charge >= 0.3 is 0 Å². The third kappa shape index (κ3) is 2.90. The molecule has 22 heavy (non-hydrogen) atoms. The topological polar surface area (TPSA) is 64.7 Å². The van der Waals surface area contributed by atoms with Crippen molar-refractivity contribution < 1.29 is 13.6 Å². The lowest BCUT2D eigenvalue weighted by Crippen LogP contribution is -2.25. The number of anilines is 1. The Morgan fingerprint density at radius 1 is 1.36 bits per heavy atom. The summed E-state index contributed by atoms with van der Waals surface area (Å²) in [5.41, 5.74) is 1.49. The van der Waals surface area contributed by atoms with Gasteiger partial charge in [-0.15, -0.1) is 0 Å². The van der Waals surface area contributed by atoms with Crippen molar-refractivity contribution in [3.05, 3.63) is 27.8 Å². The Morgan fingerprint density at radius 3 is 2.45 bits per heavy atom. The van der Waals surface area contributed by atoms with E-state index in [4.69, 9.17) is 0 Å². The largest absolute Gasteiger partial charge is 0.321 e. The van der Waals surface area contributed by atoms with E-state index in [1.54, 1.807) is 25.6 Å². The van der Waals surface area contributed by atoms with Gasteiger partial charge in [-0.25, -0.2) is 8.78 Å². The maximum Gasteiger partial charge on any atom is 0.283 e. The van der Waals surface area contributed by atoms with Crippen molar-refractivity contribution in [2.45, 2.75) is 33.2 Å². The number of nitrogens with one attached hydrogen (secondary N) is 1. The van der Waals surface area contributed by atoms with Gasteiger partial charge in [-0.3, -0.25) is 14.2 Å². The molecule has 2 rings (SSSR count). The van der Waals surface area contributed by atoms with E-state index >= 15 is 0 Å². The molecule has 120 valence electrons. The first-order chi connectivity index (χ1) is 10.2. The molecule has 2 aromatic heterocycles. The molecule has 0 aliphatic carbocycles. The monoisotopic (exact) mass is 375 g/mol. The highest BCUT2D eigenvalue weighted by Crippen LogP contribution is 2.30. The summed E-state index contributed by atoms with van der Waals surface area (Å²) >= 11 is 3.09. The van der Waals surface area contributed by atoms with E-state index in [1.807, 2.05) is 6.92 Å². The van der Waals surface area contributed by atoms with Crippen LogP contribution in [-0.2, 0) is 11.8 Å². The molecule has 0 radical (unpaired) electrons. The van der Waals surface area contributed by atoms with Gasteiger partial charge in [0.1, 0.15) is 11.7 Å². The lowest BCUT2D eigenvalue weighted by Gasteiger charge is -2.14. The Morgan fingerprint density at radius 2 is 2.00 bits per heavy atom. The summed E-state index contributed by atoms with van der Waals surface area (Å²) in [4.78, 5) is 12.3. The molecule has 2 heterocycles. The lowest BCUT2D eigenvalue weighted by atomic mass is 10.3. The molecule has 0 bridgehead atoms. The molecule has 1 atom stereocenters. The van der Waals surface area contributed by atoms with Gasteiger partial charge in [-0.2, -0.15) is 10.2 Å². The quantitative estimate of drug-likeness (QED) is 0.892. The zero-order chi connectivity index (χ0) is 16.6. The first kappa shape index (κ1) is 16.6. The molecule has 0 saturated carbocycles. The summed E-state index contributed by atoms with van der Waals surface area (Å²) in [5.74, 6) is -0.352. The average molecular weight is 376 g/mol. The van der Waals surface area contributed by atoms with Crippen molar-refractivity contribution in [3.8, 4) is 0 Å². The van der Waals surface area contributed by atoms with Gasteiger partial charge in [-0.05, 0) is 36.7 Å². The van der Waals surface area contributed by atoms with Crippen molar-refractivity contribution >= 4 is 27.5 Å². The summed E-state index contributed by atoms with van der Waals surface area (Å²) in [6.07, 6.45) is -1.17. The van der Waals surface area contributed by atoms with Gasteiger partial charge in [0.15, 0.2) is 0 Å². The molecule has 0 aliphatic rings. The predicted molar refractivity (Wildman–Crippen MR) is 80.9 cm³/mol. The Bertz CT molecular complexity index is 710. The molecule has 0 spiro atoms. The molecule has 9 heteroatoms. The van der Waals surface area contributed by atoms with Gasteiger partial charge in [0.25, 0.3) is 6.43 Å². The van der Waals surface area contributed by atoms with Crippen LogP contribution in [0.3, 0.4) is 0 Å². The van der Waals surface area contributed by atoms with Gasteiger partial charge < -0.3 is 5.32 Å². The average Bonchev–Trinajstić information content (AvgIpc) is 2.93. The fraction of sp³-hybridized carbons (Fsp3) is 0.462. The van der Waals surface area contributed by atoms with Crippen LogP contribution < -0.4 is 5.32 Å². The first-order valence-electron chi connectivity index (χ1n) is 6.56. The highest BCUT2D eigenvalue weighted by Gasteiger charge is 2.25. The molecule has 2 aromatic rings. The standard InChI is InChI=1S/C13H16BrF2N5O/c1-6-9(5-17-20(6)4)18-13(22)8(3)21-7(2)10(14)11(19-21)12(15)16/h5,8,12H,1-4H3,(H,18,22). The van der Waals surface area contributed by atoms with E-state index in [2.05, 4.69) is 31.4 Å². The number of amides is 1. The van der Waals surface area contributed by atoms with Crippen LogP contribution in [0.25, 0.3) is 0 Å². The summed E-state index contributed by atoms with van der Waals surface area (Å²) in [6.45, 7) is 5.04. The number of carbonyl (C=O) groups excluding carboxylic acids is 1. The Balaban J connectivity index is 2.24. The first-order valence-corrected chi connectivity index (χ1v) is 7.35. The van der Waals surface area contributed by atoms with Crippen LogP contribution in [0.1, 0.15) is 36.5 Å². The van der Waals surface area contributed by atoms with Gasteiger partial charge in [0.05, 0.1) is 27.7 Å². The van der Waals surface area contributed by atoms with Crippen LogP contribution in [0.2, 0.25) is 0 Å². The summed E-state index contributed by atoms with van der Waals surface area (Å²) in [7, 11) is 1.76. The summed E-state index contributed by atoms with van der Waals surface area (Å²) in [6, 6.07) is -0.733. The fourth-order valence-corrected chi connectivity index (χ4v) is 2.44. The van der Waals surface area contributed by atoms with E-state index in [-0.39, 0.29) is 16.1 Å². The van der Waals surface area contributed by atoms with Crippen LogP contribution in [0.4, 0.5) is 14.5 Å². The van der Waals surface area contributed by atoms with Crippen molar-refractivity contribution in [2.75, 3.05) is 5.32 Å². The molecule has 1 amide bonds. The number of aromatic nitrogens is 4. The number of aryl methyl sites for hydroxylation is 1. The van der Waals surface area contributed by atoms with E-state index < -0.39 is 12.5 Å². The van der Waals surface area contributed by atoms with E-state index in [0.29, 0.717) is 11.4 Å². The molecular formula is C13H16BrF2N5O. The van der Waals surface area contributed by atoms with Crippen LogP contribution in [0.5, 0.6) is 0 Å². The van der Waals surface area contributed by atoms with Crippen LogP contribution in [-0.4, -0.2) is 25.5 Å². The minimum absolute atomic E-state index is 0.222. The molecule has 0 saturated heterocycles. The lowest BCUT2D eigenvalue weighted by molar-refractivity contribution is -0.119. The summed E-state index contributed by atoms with van der Waals surface area (Å²) in [5, 5.41) is 10.6. The number of halogens is 3. The normalized spacial score (nSPS) is 12.7. The van der Waals surface area contributed by atoms with Gasteiger partial charge in [0.2, 0.25) is 5.91 Å². The Hall–Kier alpha value is -1.77. The molecule has 1 N–H and O–H groups in total. The number of rotatable bonds is 4. The zero-order valence-electron chi connectivity index (χ0n) is 12.6. The summed E-state index contributed by atoms with van der Waals surface area (Å²) < 4.78 is 28.9. The van der Waals surface area contributed by atoms with E-state index in [0.717, 1.165) is 5.69 Å². The second-order valence-corrected chi connectivity index (χ2v) is 5.76. The highest BCUT2D eigenvalue weighted by molar-refractivity contribution is 9.10. The van der Waals surface area contributed by atoms with Crippen LogP contribution in [0, 0.1) is 13.8 Å².